The number of carbonyl (C=O) groups is 2. The number of aliphatic hydroxyl groups excluding tert-OH is 1. The van der Waals surface area contributed by atoms with Crippen LogP contribution in [0.5, 0.6) is 0 Å². The molecule has 4 heteroatoms. The number of nitrogens with one attached hydrogen (secondary N) is 1. The summed E-state index contributed by atoms with van der Waals surface area (Å²) in [5.74, 6) is 0.584. The van der Waals surface area contributed by atoms with Crippen LogP contribution in [-0.4, -0.2) is 29.9 Å². The lowest BCUT2D eigenvalue weighted by Gasteiger charge is -2.15. The number of carbonyl (C=O) groups excluding carboxylic acids is 2. The second-order valence-electron chi connectivity index (χ2n) is 7.16. The molecule has 0 aliphatic rings. The largest absolute Gasteiger partial charge is 0.389 e. The van der Waals surface area contributed by atoms with Gasteiger partial charge in [0.05, 0.1) is 6.10 Å². The van der Waals surface area contributed by atoms with Gasteiger partial charge in [0.25, 0.3) is 0 Å². The summed E-state index contributed by atoms with van der Waals surface area (Å²) in [4.78, 5) is 23.9. The number of amides is 1. The zero-order valence-electron chi connectivity index (χ0n) is 16.8. The van der Waals surface area contributed by atoms with E-state index < -0.39 is 6.10 Å². The number of ketones is 1. The molecule has 0 radical (unpaired) electrons. The molecule has 1 amide bonds. The van der Waals surface area contributed by atoms with E-state index >= 15 is 0 Å². The van der Waals surface area contributed by atoms with Crippen LogP contribution in [0.15, 0.2) is 37.0 Å². The third-order valence-corrected chi connectivity index (χ3v) is 4.69. The monoisotopic (exact) mass is 363 g/mol. The van der Waals surface area contributed by atoms with Crippen molar-refractivity contribution in [3.63, 3.8) is 0 Å². The maximum Gasteiger partial charge on any atom is 0.220 e. The van der Waals surface area contributed by atoms with Crippen molar-refractivity contribution in [1.82, 2.24) is 5.32 Å². The number of Topliss-reactive ketones (excluding diaryl/α,β-unsaturated/α-hetero) is 1. The van der Waals surface area contributed by atoms with Crippen molar-refractivity contribution >= 4 is 11.7 Å². The predicted molar refractivity (Wildman–Crippen MR) is 109 cm³/mol. The van der Waals surface area contributed by atoms with Crippen LogP contribution >= 0.6 is 0 Å². The molecule has 0 saturated carbocycles. The quantitative estimate of drug-likeness (QED) is 0.425. The molecule has 3 unspecified atom stereocenters. The standard InChI is InChI=1S/C22H37NO3/c1-6-10-19(16-22(26)23-5)12-9-14-21(25)18(4)15-17(3)11-8-13-20(24)7-2/h6-7,11,18-20,24H,1-2,8-10,12-16H2,3-5H3,(H,23,26)/b17-11-. The summed E-state index contributed by atoms with van der Waals surface area (Å²) in [5, 5.41) is 12.1. The first-order valence-corrected chi connectivity index (χ1v) is 9.64. The Bertz CT molecular complexity index is 482. The van der Waals surface area contributed by atoms with Gasteiger partial charge >= 0.3 is 0 Å². The first-order chi connectivity index (χ1) is 12.3. The molecule has 0 bridgehead atoms. The Kier molecular flexibility index (Phi) is 13.5. The molecule has 4 nitrogen and oxygen atoms in total. The molecule has 0 aromatic rings. The molecular formula is C22H37NO3. The summed E-state index contributed by atoms with van der Waals surface area (Å²) < 4.78 is 0. The highest BCUT2D eigenvalue weighted by atomic mass is 16.3. The summed E-state index contributed by atoms with van der Waals surface area (Å²) in [6, 6.07) is 0. The molecule has 0 aromatic carbocycles. The molecule has 0 aliphatic carbocycles. The first-order valence-electron chi connectivity index (χ1n) is 9.64. The summed E-state index contributed by atoms with van der Waals surface area (Å²) in [6.07, 6.45) is 10.8. The van der Waals surface area contributed by atoms with Crippen molar-refractivity contribution in [3.05, 3.63) is 37.0 Å². The van der Waals surface area contributed by atoms with Crippen molar-refractivity contribution in [2.75, 3.05) is 7.05 Å². The Morgan fingerprint density at radius 3 is 2.46 bits per heavy atom. The Morgan fingerprint density at radius 2 is 1.88 bits per heavy atom. The lowest BCUT2D eigenvalue weighted by molar-refractivity contribution is -0.122. The lowest BCUT2D eigenvalue weighted by Crippen LogP contribution is -2.21. The van der Waals surface area contributed by atoms with Crippen molar-refractivity contribution in [2.45, 2.75) is 71.3 Å². The van der Waals surface area contributed by atoms with E-state index in [1.165, 1.54) is 5.57 Å². The smallest absolute Gasteiger partial charge is 0.220 e. The summed E-state index contributed by atoms with van der Waals surface area (Å²) in [5.41, 5.74) is 1.19. The highest BCUT2D eigenvalue weighted by molar-refractivity contribution is 5.80. The van der Waals surface area contributed by atoms with Gasteiger partial charge in [0.1, 0.15) is 5.78 Å². The molecule has 0 rings (SSSR count). The normalized spacial score (nSPS) is 15.0. The van der Waals surface area contributed by atoms with E-state index in [2.05, 4.69) is 24.6 Å². The van der Waals surface area contributed by atoms with Gasteiger partial charge in [-0.05, 0) is 51.4 Å². The number of hydrogen-bond acceptors (Lipinski definition) is 3. The van der Waals surface area contributed by atoms with Crippen LogP contribution in [0.1, 0.15) is 65.2 Å². The third kappa shape index (κ3) is 11.8. The molecule has 0 saturated heterocycles. The van der Waals surface area contributed by atoms with E-state index in [0.29, 0.717) is 19.3 Å². The van der Waals surface area contributed by atoms with Gasteiger partial charge in [-0.15, -0.1) is 13.2 Å². The Labute approximate surface area is 159 Å². The third-order valence-electron chi connectivity index (χ3n) is 4.69. The topological polar surface area (TPSA) is 66.4 Å². The SMILES string of the molecule is C=CCC(CCCC(=O)C(C)C/C(C)=C\CCC(O)C=C)CC(=O)NC. The minimum atomic E-state index is -0.462. The zero-order valence-corrected chi connectivity index (χ0v) is 16.8. The van der Waals surface area contributed by atoms with Gasteiger partial charge in [-0.3, -0.25) is 9.59 Å². The second-order valence-corrected chi connectivity index (χ2v) is 7.16. The molecule has 0 spiro atoms. The minimum Gasteiger partial charge on any atom is -0.389 e. The predicted octanol–water partition coefficient (Wildman–Crippen LogP) is 4.35. The van der Waals surface area contributed by atoms with E-state index in [4.69, 9.17) is 0 Å². The van der Waals surface area contributed by atoms with Crippen molar-refractivity contribution in [2.24, 2.45) is 11.8 Å². The average Bonchev–Trinajstić information content (AvgIpc) is 2.61. The minimum absolute atomic E-state index is 0.00683. The highest BCUT2D eigenvalue weighted by Crippen LogP contribution is 2.20. The van der Waals surface area contributed by atoms with E-state index in [0.717, 1.165) is 32.1 Å². The summed E-state index contributed by atoms with van der Waals surface area (Å²) in [6.45, 7) is 11.3. The van der Waals surface area contributed by atoms with E-state index in [1.54, 1.807) is 13.1 Å². The van der Waals surface area contributed by atoms with Crippen LogP contribution in [0.3, 0.4) is 0 Å². The van der Waals surface area contributed by atoms with Crippen LogP contribution in [0.2, 0.25) is 0 Å². The van der Waals surface area contributed by atoms with Gasteiger partial charge < -0.3 is 10.4 Å². The fourth-order valence-corrected chi connectivity index (χ4v) is 3.01. The fraction of sp³-hybridized carbons (Fsp3) is 0.636. The van der Waals surface area contributed by atoms with Gasteiger partial charge in [0.2, 0.25) is 5.91 Å². The van der Waals surface area contributed by atoms with Crippen LogP contribution < -0.4 is 5.32 Å². The van der Waals surface area contributed by atoms with Crippen molar-refractivity contribution in [1.29, 1.82) is 0 Å². The molecule has 0 fully saturated rings. The lowest BCUT2D eigenvalue weighted by atomic mass is 9.90. The molecule has 0 aliphatic heterocycles. The van der Waals surface area contributed by atoms with Gasteiger partial charge in [-0.1, -0.05) is 30.7 Å². The number of aliphatic hydroxyl groups is 1. The number of allylic oxidation sites excluding steroid dienone is 3. The van der Waals surface area contributed by atoms with E-state index in [9.17, 15) is 14.7 Å². The average molecular weight is 364 g/mol. The molecular weight excluding hydrogens is 326 g/mol. The van der Waals surface area contributed by atoms with Crippen LogP contribution in [0.4, 0.5) is 0 Å². The summed E-state index contributed by atoms with van der Waals surface area (Å²) >= 11 is 0. The molecule has 0 heterocycles. The Morgan fingerprint density at radius 1 is 1.19 bits per heavy atom. The van der Waals surface area contributed by atoms with E-state index in [1.807, 2.05) is 19.9 Å². The maximum atomic E-state index is 12.3. The van der Waals surface area contributed by atoms with Crippen molar-refractivity contribution < 1.29 is 14.7 Å². The fourth-order valence-electron chi connectivity index (χ4n) is 3.01. The molecule has 26 heavy (non-hydrogen) atoms. The van der Waals surface area contributed by atoms with Gasteiger partial charge in [-0.2, -0.15) is 0 Å². The van der Waals surface area contributed by atoms with Crippen LogP contribution in [0.25, 0.3) is 0 Å². The Balaban J connectivity index is 4.23. The van der Waals surface area contributed by atoms with Gasteiger partial charge in [0, 0.05) is 25.8 Å². The summed E-state index contributed by atoms with van der Waals surface area (Å²) in [7, 11) is 1.65. The maximum absolute atomic E-state index is 12.3. The Hall–Kier alpha value is -1.68. The molecule has 0 aromatic heterocycles. The first kappa shape index (κ1) is 24.3. The van der Waals surface area contributed by atoms with Crippen LogP contribution in [-0.2, 0) is 9.59 Å². The number of rotatable bonds is 15. The van der Waals surface area contributed by atoms with E-state index in [-0.39, 0.29) is 23.5 Å². The molecule has 3 atom stereocenters. The second kappa shape index (κ2) is 14.5. The van der Waals surface area contributed by atoms with Gasteiger partial charge in [-0.25, -0.2) is 0 Å². The molecule has 2 N–H and O–H groups in total. The van der Waals surface area contributed by atoms with Gasteiger partial charge in [0.15, 0.2) is 0 Å². The van der Waals surface area contributed by atoms with Crippen molar-refractivity contribution in [3.8, 4) is 0 Å². The number of hydrogen-bond donors (Lipinski definition) is 2. The highest BCUT2D eigenvalue weighted by Gasteiger charge is 2.16. The van der Waals surface area contributed by atoms with Crippen LogP contribution in [0, 0.1) is 11.8 Å². The molecule has 148 valence electrons. The zero-order chi connectivity index (χ0) is 19.9.